The number of aromatic nitrogens is 2. The van der Waals surface area contributed by atoms with Gasteiger partial charge in [0.05, 0.1) is 16.6 Å². The van der Waals surface area contributed by atoms with Gasteiger partial charge in [0, 0.05) is 44.9 Å². The highest BCUT2D eigenvalue weighted by Crippen LogP contribution is 2.38. The molecule has 0 saturated carbocycles. The van der Waals surface area contributed by atoms with E-state index in [-0.39, 0.29) is 5.78 Å². The Hall–Kier alpha value is -4.89. The smallest absolute Gasteiger partial charge is 0.193 e. The number of fused-ring (bicyclic) bond motifs is 5. The second-order valence-corrected chi connectivity index (χ2v) is 9.02. The van der Waals surface area contributed by atoms with E-state index in [1.807, 2.05) is 54.6 Å². The van der Waals surface area contributed by atoms with Crippen molar-refractivity contribution < 1.29 is 4.79 Å². The van der Waals surface area contributed by atoms with Crippen LogP contribution in [0.1, 0.15) is 15.9 Å². The van der Waals surface area contributed by atoms with Crippen LogP contribution in [0.2, 0.25) is 0 Å². The minimum absolute atomic E-state index is 0.0341. The van der Waals surface area contributed by atoms with Crippen molar-refractivity contribution >= 4 is 38.5 Å². The molecule has 5 aromatic carbocycles. The van der Waals surface area contributed by atoms with Gasteiger partial charge in [0.25, 0.3) is 0 Å². The molecule has 36 heavy (non-hydrogen) atoms. The molecule has 170 valence electrons. The Morgan fingerprint density at radius 2 is 1.19 bits per heavy atom. The summed E-state index contributed by atoms with van der Waals surface area (Å²) in [6, 6.07) is 43.0. The number of rotatable bonds is 4. The monoisotopic (exact) mass is 462 g/mol. The summed E-state index contributed by atoms with van der Waals surface area (Å²) >= 11 is 0. The van der Waals surface area contributed by atoms with Gasteiger partial charge in [-0.25, -0.2) is 0 Å². The zero-order valence-electron chi connectivity index (χ0n) is 19.5. The van der Waals surface area contributed by atoms with Crippen LogP contribution in [0.3, 0.4) is 0 Å². The molecule has 0 aliphatic carbocycles. The molecule has 3 nitrogen and oxygen atoms in total. The highest BCUT2D eigenvalue weighted by atomic mass is 16.1. The van der Waals surface area contributed by atoms with E-state index in [1.54, 1.807) is 0 Å². The number of para-hydroxylation sites is 2. The third kappa shape index (κ3) is 3.10. The fourth-order valence-corrected chi connectivity index (χ4v) is 5.27. The number of carbonyl (C=O) groups excluding carboxylic acids is 1. The zero-order valence-corrected chi connectivity index (χ0v) is 19.5. The molecule has 0 unspecified atom stereocenters. The zero-order chi connectivity index (χ0) is 24.1. The number of ketones is 1. The van der Waals surface area contributed by atoms with Crippen molar-refractivity contribution in [2.24, 2.45) is 0 Å². The Balaban J connectivity index is 1.59. The molecule has 2 aromatic heterocycles. The number of hydrogen-bond donors (Lipinski definition) is 0. The minimum Gasteiger partial charge on any atom is -0.315 e. The maximum absolute atomic E-state index is 13.3. The van der Waals surface area contributed by atoms with Gasteiger partial charge >= 0.3 is 0 Å². The largest absolute Gasteiger partial charge is 0.315 e. The first-order valence-corrected chi connectivity index (χ1v) is 12.1. The van der Waals surface area contributed by atoms with Gasteiger partial charge < -0.3 is 9.13 Å². The van der Waals surface area contributed by atoms with Gasteiger partial charge in [-0.05, 0) is 48.5 Å². The molecule has 2 heterocycles. The van der Waals surface area contributed by atoms with E-state index in [1.165, 1.54) is 5.39 Å². The minimum atomic E-state index is 0.0341. The maximum atomic E-state index is 13.3. The Kier molecular flexibility index (Phi) is 4.61. The lowest BCUT2D eigenvalue weighted by Gasteiger charge is -2.11. The highest BCUT2D eigenvalue weighted by Gasteiger charge is 2.19. The Morgan fingerprint density at radius 3 is 1.92 bits per heavy atom. The van der Waals surface area contributed by atoms with E-state index in [4.69, 9.17) is 0 Å². The van der Waals surface area contributed by atoms with Crippen LogP contribution in [0.25, 0.3) is 44.1 Å². The summed E-state index contributed by atoms with van der Waals surface area (Å²) in [5.41, 5.74) is 6.96. The van der Waals surface area contributed by atoms with Gasteiger partial charge in [0.15, 0.2) is 5.78 Å². The Bertz CT molecular complexity index is 1880. The number of nitrogens with zero attached hydrogens (tertiary/aromatic N) is 2. The lowest BCUT2D eigenvalue weighted by Crippen LogP contribution is -2.01. The van der Waals surface area contributed by atoms with Gasteiger partial charge in [-0.3, -0.25) is 4.79 Å². The van der Waals surface area contributed by atoms with Crippen LogP contribution < -0.4 is 0 Å². The van der Waals surface area contributed by atoms with Crippen molar-refractivity contribution in [2.75, 3.05) is 0 Å². The molecule has 7 aromatic rings. The number of hydrogen-bond acceptors (Lipinski definition) is 1. The molecular formula is C33H22N2O. The van der Waals surface area contributed by atoms with Crippen LogP contribution >= 0.6 is 0 Å². The van der Waals surface area contributed by atoms with Crippen molar-refractivity contribution in [3.8, 4) is 11.4 Å². The lowest BCUT2D eigenvalue weighted by atomic mass is 10.0. The van der Waals surface area contributed by atoms with Crippen LogP contribution in [-0.4, -0.2) is 14.9 Å². The van der Waals surface area contributed by atoms with E-state index in [2.05, 4.69) is 88.1 Å². The summed E-state index contributed by atoms with van der Waals surface area (Å²) in [5.74, 6) is 0.0341. The average molecular weight is 463 g/mol. The topological polar surface area (TPSA) is 26.9 Å². The molecule has 0 atom stereocenters. The Labute approximate surface area is 208 Å². The summed E-state index contributed by atoms with van der Waals surface area (Å²) in [6.07, 6.45) is 2.14. The third-order valence-corrected chi connectivity index (χ3v) is 6.92. The van der Waals surface area contributed by atoms with Crippen molar-refractivity contribution in [3.63, 3.8) is 0 Å². The molecule has 3 heteroatoms. The van der Waals surface area contributed by atoms with Crippen LogP contribution in [0.15, 0.2) is 134 Å². The summed E-state index contributed by atoms with van der Waals surface area (Å²) in [7, 11) is 0. The molecular weight excluding hydrogens is 440 g/mol. The SMILES string of the molecule is O=C(c1ccccc1)c1ccc2c(c1)c1ccc3ccn(-c4ccccc4)c3c1n2-c1ccccc1. The van der Waals surface area contributed by atoms with Crippen molar-refractivity contribution in [1.82, 2.24) is 9.13 Å². The molecule has 0 saturated heterocycles. The first-order valence-electron chi connectivity index (χ1n) is 12.1. The normalized spacial score (nSPS) is 11.4. The molecule has 0 aliphatic rings. The molecule has 0 bridgehead atoms. The Morgan fingerprint density at radius 1 is 0.528 bits per heavy atom. The van der Waals surface area contributed by atoms with Crippen molar-refractivity contribution in [2.45, 2.75) is 0 Å². The summed E-state index contributed by atoms with van der Waals surface area (Å²) in [5, 5.41) is 3.37. The second kappa shape index (κ2) is 8.10. The van der Waals surface area contributed by atoms with E-state index in [0.29, 0.717) is 11.1 Å². The van der Waals surface area contributed by atoms with Gasteiger partial charge in [-0.15, -0.1) is 0 Å². The first-order chi connectivity index (χ1) is 17.8. The quantitative estimate of drug-likeness (QED) is 0.244. The fraction of sp³-hybridized carbons (Fsp3) is 0. The molecule has 0 aliphatic heterocycles. The van der Waals surface area contributed by atoms with Crippen LogP contribution in [-0.2, 0) is 0 Å². The van der Waals surface area contributed by atoms with E-state index in [0.717, 1.165) is 38.7 Å². The van der Waals surface area contributed by atoms with Gasteiger partial charge in [-0.1, -0.05) is 78.9 Å². The molecule has 7 rings (SSSR count). The molecule has 0 radical (unpaired) electrons. The molecule has 0 fully saturated rings. The first kappa shape index (κ1) is 20.5. The summed E-state index contributed by atoms with van der Waals surface area (Å²) < 4.78 is 4.58. The third-order valence-electron chi connectivity index (χ3n) is 6.92. The molecule has 0 amide bonds. The standard InChI is InChI=1S/C33H22N2O/c36-33(24-10-4-1-5-11-24)25-17-19-30-29(22-25)28-18-16-23-20-21-34(26-12-6-2-7-13-26)31(23)32(28)35(30)27-14-8-3-9-15-27/h1-22H. The van der Waals surface area contributed by atoms with Crippen LogP contribution in [0.4, 0.5) is 0 Å². The predicted molar refractivity (Wildman–Crippen MR) is 147 cm³/mol. The average Bonchev–Trinajstić information content (AvgIpc) is 3.53. The van der Waals surface area contributed by atoms with Gasteiger partial charge in [0.2, 0.25) is 0 Å². The van der Waals surface area contributed by atoms with Crippen molar-refractivity contribution in [3.05, 3.63) is 145 Å². The van der Waals surface area contributed by atoms with Gasteiger partial charge in [0.1, 0.15) is 0 Å². The van der Waals surface area contributed by atoms with E-state index in [9.17, 15) is 4.79 Å². The summed E-state index contributed by atoms with van der Waals surface area (Å²) in [6.45, 7) is 0. The summed E-state index contributed by atoms with van der Waals surface area (Å²) in [4.78, 5) is 13.3. The number of carbonyl (C=O) groups is 1. The maximum Gasteiger partial charge on any atom is 0.193 e. The van der Waals surface area contributed by atoms with E-state index >= 15 is 0 Å². The lowest BCUT2D eigenvalue weighted by molar-refractivity contribution is 0.103. The van der Waals surface area contributed by atoms with Crippen LogP contribution in [0.5, 0.6) is 0 Å². The van der Waals surface area contributed by atoms with E-state index < -0.39 is 0 Å². The van der Waals surface area contributed by atoms with Crippen molar-refractivity contribution in [1.29, 1.82) is 0 Å². The predicted octanol–water partition coefficient (Wildman–Crippen LogP) is 7.96. The molecule has 0 N–H and O–H groups in total. The van der Waals surface area contributed by atoms with Gasteiger partial charge in [-0.2, -0.15) is 0 Å². The fourth-order valence-electron chi connectivity index (χ4n) is 5.27. The molecule has 0 spiro atoms. The highest BCUT2D eigenvalue weighted by molar-refractivity contribution is 6.20. The van der Waals surface area contributed by atoms with Crippen LogP contribution in [0, 0.1) is 0 Å². The second-order valence-electron chi connectivity index (χ2n) is 9.02. The number of benzene rings is 5.